The van der Waals surface area contributed by atoms with Crippen molar-refractivity contribution in [1.82, 2.24) is 14.8 Å². The summed E-state index contributed by atoms with van der Waals surface area (Å²) in [6.45, 7) is 2.14. The fourth-order valence-corrected chi connectivity index (χ4v) is 5.13. The van der Waals surface area contributed by atoms with Gasteiger partial charge in [-0.05, 0) is 49.4 Å². The Labute approximate surface area is 222 Å². The standard InChI is InChI=1S/C26H24ClN5O4S/c1-15-10-23(29-25(34)17-12-24(33)31(13-17)19-7-5-18(27)6-8-19)32(30-15)26-28-20(14-37-26)16-4-9-21(35-2)22(11-16)36-3/h4-11,14,17H,12-13H2,1-3H3,(H,29,34). The topological polar surface area (TPSA) is 98.6 Å². The number of nitrogens with zero attached hydrogens (tertiary/aromatic N) is 4. The predicted octanol–water partition coefficient (Wildman–Crippen LogP) is 4.97. The quantitative estimate of drug-likeness (QED) is 0.357. The maximum absolute atomic E-state index is 13.1. The summed E-state index contributed by atoms with van der Waals surface area (Å²) < 4.78 is 12.3. The molecule has 4 aromatic rings. The van der Waals surface area contributed by atoms with Crippen LogP contribution in [0.2, 0.25) is 5.02 Å². The molecule has 9 nitrogen and oxygen atoms in total. The summed E-state index contributed by atoms with van der Waals surface area (Å²) in [6.07, 6.45) is 0.127. The van der Waals surface area contributed by atoms with Crippen LogP contribution in [0, 0.1) is 12.8 Å². The normalized spacial score (nSPS) is 15.2. The maximum atomic E-state index is 13.1. The Balaban J connectivity index is 1.34. The van der Waals surface area contributed by atoms with Crippen LogP contribution in [0.3, 0.4) is 0 Å². The maximum Gasteiger partial charge on any atom is 0.230 e. The smallest absolute Gasteiger partial charge is 0.230 e. The van der Waals surface area contributed by atoms with Gasteiger partial charge in [-0.3, -0.25) is 9.59 Å². The summed E-state index contributed by atoms with van der Waals surface area (Å²) in [5, 5.41) is 10.6. The van der Waals surface area contributed by atoms with Crippen molar-refractivity contribution in [2.75, 3.05) is 31.0 Å². The number of benzene rings is 2. The van der Waals surface area contributed by atoms with Gasteiger partial charge in [-0.15, -0.1) is 11.3 Å². The van der Waals surface area contributed by atoms with Crippen molar-refractivity contribution in [3.05, 3.63) is 64.6 Å². The second kappa shape index (κ2) is 10.2. The lowest BCUT2D eigenvalue weighted by Crippen LogP contribution is -2.28. The van der Waals surface area contributed by atoms with E-state index in [-0.39, 0.29) is 18.2 Å². The first-order valence-corrected chi connectivity index (χ1v) is 12.7. The molecule has 1 aliphatic heterocycles. The number of hydrogen-bond acceptors (Lipinski definition) is 7. The van der Waals surface area contributed by atoms with E-state index in [0.717, 1.165) is 22.6 Å². The predicted molar refractivity (Wildman–Crippen MR) is 143 cm³/mol. The molecular weight excluding hydrogens is 514 g/mol. The number of ether oxygens (including phenoxy) is 2. The van der Waals surface area contributed by atoms with Gasteiger partial charge in [0.15, 0.2) is 11.5 Å². The average molecular weight is 538 g/mol. The fourth-order valence-electron chi connectivity index (χ4n) is 4.21. The molecule has 37 heavy (non-hydrogen) atoms. The number of halogens is 1. The zero-order valence-corrected chi connectivity index (χ0v) is 22.0. The monoisotopic (exact) mass is 537 g/mol. The molecule has 2 aromatic carbocycles. The number of nitrogens with one attached hydrogen (secondary N) is 1. The number of amides is 2. The summed E-state index contributed by atoms with van der Waals surface area (Å²) in [7, 11) is 3.17. The molecule has 1 N–H and O–H groups in total. The van der Waals surface area contributed by atoms with E-state index >= 15 is 0 Å². The van der Waals surface area contributed by atoms with Gasteiger partial charge in [-0.2, -0.15) is 9.78 Å². The summed E-state index contributed by atoms with van der Waals surface area (Å²) in [6, 6.07) is 14.4. The zero-order chi connectivity index (χ0) is 26.1. The van der Waals surface area contributed by atoms with Crippen LogP contribution in [0.1, 0.15) is 12.1 Å². The van der Waals surface area contributed by atoms with Gasteiger partial charge >= 0.3 is 0 Å². The van der Waals surface area contributed by atoms with Crippen LogP contribution >= 0.6 is 22.9 Å². The van der Waals surface area contributed by atoms with Crippen molar-refractivity contribution >= 4 is 46.3 Å². The van der Waals surface area contributed by atoms with Crippen LogP contribution in [0.4, 0.5) is 11.5 Å². The summed E-state index contributed by atoms with van der Waals surface area (Å²) in [5.74, 6) is 0.887. The molecule has 1 atom stereocenters. The van der Waals surface area contributed by atoms with Gasteiger partial charge in [0.2, 0.25) is 16.9 Å². The Kier molecular flexibility index (Phi) is 6.86. The number of aryl methyl sites for hydroxylation is 1. The third-order valence-corrected chi connectivity index (χ3v) is 7.14. The molecule has 0 spiro atoms. The first-order chi connectivity index (χ1) is 17.9. The molecule has 1 fully saturated rings. The van der Waals surface area contributed by atoms with Crippen LogP contribution in [0.25, 0.3) is 16.4 Å². The molecule has 3 heterocycles. The SMILES string of the molecule is COc1ccc(-c2csc(-n3nc(C)cc3NC(=O)C3CC(=O)N(c4ccc(Cl)cc4)C3)n2)cc1OC. The van der Waals surface area contributed by atoms with Gasteiger partial charge in [0.05, 0.1) is 31.5 Å². The summed E-state index contributed by atoms with van der Waals surface area (Å²) in [4.78, 5) is 32.1. The van der Waals surface area contributed by atoms with Crippen LogP contribution in [-0.4, -0.2) is 47.3 Å². The number of carbonyl (C=O) groups is 2. The molecule has 2 amide bonds. The molecule has 0 bridgehead atoms. The number of carbonyl (C=O) groups excluding carboxylic acids is 2. The third-order valence-electron chi connectivity index (χ3n) is 6.07. The van der Waals surface area contributed by atoms with Crippen molar-refractivity contribution in [2.24, 2.45) is 5.92 Å². The van der Waals surface area contributed by atoms with E-state index in [1.165, 1.54) is 11.3 Å². The lowest BCUT2D eigenvalue weighted by atomic mass is 10.1. The van der Waals surface area contributed by atoms with E-state index < -0.39 is 5.92 Å². The number of hydrogen-bond donors (Lipinski definition) is 1. The van der Waals surface area contributed by atoms with Gasteiger partial charge < -0.3 is 19.7 Å². The Morgan fingerprint density at radius 2 is 1.86 bits per heavy atom. The van der Waals surface area contributed by atoms with Gasteiger partial charge in [0.25, 0.3) is 0 Å². The van der Waals surface area contributed by atoms with Crippen LogP contribution in [0.15, 0.2) is 53.9 Å². The first-order valence-electron chi connectivity index (χ1n) is 11.5. The largest absolute Gasteiger partial charge is 0.493 e. The van der Waals surface area contributed by atoms with Gasteiger partial charge in [-0.1, -0.05) is 11.6 Å². The lowest BCUT2D eigenvalue weighted by molar-refractivity contribution is -0.122. The highest BCUT2D eigenvalue weighted by atomic mass is 35.5. The fraction of sp³-hybridized carbons (Fsp3) is 0.231. The Morgan fingerprint density at radius 1 is 1.11 bits per heavy atom. The molecule has 1 aliphatic rings. The van der Waals surface area contributed by atoms with Crippen LogP contribution in [-0.2, 0) is 9.59 Å². The van der Waals surface area contributed by atoms with Gasteiger partial charge in [0, 0.05) is 40.7 Å². The summed E-state index contributed by atoms with van der Waals surface area (Å²) >= 11 is 7.36. The van der Waals surface area contributed by atoms with Gasteiger partial charge in [-0.25, -0.2) is 4.98 Å². The molecule has 190 valence electrons. The van der Waals surface area contributed by atoms with E-state index in [0.29, 0.717) is 34.0 Å². The molecule has 0 saturated carbocycles. The molecule has 1 saturated heterocycles. The number of rotatable bonds is 7. The minimum atomic E-state index is -0.495. The second-order valence-corrected chi connectivity index (χ2v) is 9.81. The number of thiazole rings is 1. The third kappa shape index (κ3) is 5.03. The van der Waals surface area contributed by atoms with Gasteiger partial charge in [0.1, 0.15) is 5.82 Å². The van der Waals surface area contributed by atoms with E-state index in [1.807, 2.05) is 30.5 Å². The molecule has 0 aliphatic carbocycles. The number of anilines is 2. The number of methoxy groups -OCH3 is 2. The zero-order valence-electron chi connectivity index (χ0n) is 20.4. The van der Waals surface area contributed by atoms with Crippen molar-refractivity contribution in [2.45, 2.75) is 13.3 Å². The van der Waals surface area contributed by atoms with E-state index in [2.05, 4.69) is 10.4 Å². The van der Waals surface area contributed by atoms with Crippen molar-refractivity contribution < 1.29 is 19.1 Å². The Hall–Kier alpha value is -3.89. The van der Waals surface area contributed by atoms with E-state index in [9.17, 15) is 9.59 Å². The number of aromatic nitrogens is 3. The van der Waals surface area contributed by atoms with Crippen molar-refractivity contribution in [1.29, 1.82) is 0 Å². The van der Waals surface area contributed by atoms with E-state index in [4.69, 9.17) is 26.1 Å². The molecular formula is C26H24ClN5O4S. The molecule has 2 aromatic heterocycles. The highest BCUT2D eigenvalue weighted by molar-refractivity contribution is 7.12. The molecule has 5 rings (SSSR count). The van der Waals surface area contributed by atoms with Crippen LogP contribution in [0.5, 0.6) is 11.5 Å². The van der Waals surface area contributed by atoms with Crippen molar-refractivity contribution in [3.63, 3.8) is 0 Å². The van der Waals surface area contributed by atoms with E-state index in [1.54, 1.807) is 54.1 Å². The van der Waals surface area contributed by atoms with Crippen LogP contribution < -0.4 is 19.7 Å². The highest BCUT2D eigenvalue weighted by Gasteiger charge is 2.35. The average Bonchev–Trinajstić information content (AvgIpc) is 3.62. The minimum absolute atomic E-state index is 0.105. The minimum Gasteiger partial charge on any atom is -0.493 e. The highest BCUT2D eigenvalue weighted by Crippen LogP contribution is 2.34. The summed E-state index contributed by atoms with van der Waals surface area (Å²) in [5.41, 5.74) is 3.05. The molecule has 11 heteroatoms. The first kappa shape index (κ1) is 24.8. The second-order valence-electron chi connectivity index (χ2n) is 8.54. The molecule has 0 radical (unpaired) electrons. The Bertz CT molecular complexity index is 1470. The Morgan fingerprint density at radius 3 is 2.59 bits per heavy atom. The molecule has 1 unspecified atom stereocenters. The van der Waals surface area contributed by atoms with Crippen molar-refractivity contribution in [3.8, 4) is 27.9 Å². The lowest BCUT2D eigenvalue weighted by Gasteiger charge is -2.16.